The molecule has 4 nitrogen and oxygen atoms in total. The SMILES string of the molecule is CNCC1CCCCN1c1cc(Br)ccc1C(N)=O. The van der Waals surface area contributed by atoms with Crippen molar-refractivity contribution in [3.05, 3.63) is 28.2 Å². The first-order chi connectivity index (χ1) is 9.13. The van der Waals surface area contributed by atoms with Crippen LogP contribution in [0.1, 0.15) is 29.6 Å². The first-order valence-electron chi connectivity index (χ1n) is 6.64. The van der Waals surface area contributed by atoms with Gasteiger partial charge in [0.05, 0.1) is 11.3 Å². The van der Waals surface area contributed by atoms with E-state index in [2.05, 4.69) is 26.1 Å². The van der Waals surface area contributed by atoms with Gasteiger partial charge in [-0.2, -0.15) is 0 Å². The van der Waals surface area contributed by atoms with Gasteiger partial charge in [0.1, 0.15) is 0 Å². The number of hydrogen-bond donors (Lipinski definition) is 2. The molecule has 0 spiro atoms. The molecule has 1 heterocycles. The van der Waals surface area contributed by atoms with E-state index in [9.17, 15) is 4.79 Å². The lowest BCUT2D eigenvalue weighted by molar-refractivity contribution is 0.100. The van der Waals surface area contributed by atoms with Gasteiger partial charge in [-0.3, -0.25) is 4.79 Å². The van der Waals surface area contributed by atoms with Crippen LogP contribution in [0.5, 0.6) is 0 Å². The smallest absolute Gasteiger partial charge is 0.250 e. The average molecular weight is 326 g/mol. The van der Waals surface area contributed by atoms with Gasteiger partial charge < -0.3 is 16.0 Å². The van der Waals surface area contributed by atoms with Crippen molar-refractivity contribution in [2.75, 3.05) is 25.0 Å². The Balaban J connectivity index is 2.37. The first kappa shape index (κ1) is 14.3. The number of hydrogen-bond acceptors (Lipinski definition) is 3. The Kier molecular flexibility index (Phi) is 4.82. The molecule has 0 aromatic heterocycles. The van der Waals surface area contributed by atoms with Crippen molar-refractivity contribution in [1.82, 2.24) is 5.32 Å². The Morgan fingerprint density at radius 3 is 3.00 bits per heavy atom. The maximum Gasteiger partial charge on any atom is 0.250 e. The number of nitrogens with zero attached hydrogens (tertiary/aromatic N) is 1. The second-order valence-corrected chi connectivity index (χ2v) is 5.84. The van der Waals surface area contributed by atoms with Crippen molar-refractivity contribution in [2.45, 2.75) is 25.3 Å². The van der Waals surface area contributed by atoms with Crippen LogP contribution in [0.4, 0.5) is 5.69 Å². The number of carbonyl (C=O) groups excluding carboxylic acids is 1. The summed E-state index contributed by atoms with van der Waals surface area (Å²) >= 11 is 3.48. The summed E-state index contributed by atoms with van der Waals surface area (Å²) in [5.74, 6) is -0.365. The Bertz CT molecular complexity index is 462. The number of piperidine rings is 1. The summed E-state index contributed by atoms with van der Waals surface area (Å²) in [6, 6.07) is 6.08. The van der Waals surface area contributed by atoms with Gasteiger partial charge in [0.25, 0.3) is 5.91 Å². The lowest BCUT2D eigenvalue weighted by Gasteiger charge is -2.38. The van der Waals surface area contributed by atoms with Gasteiger partial charge in [-0.15, -0.1) is 0 Å². The highest BCUT2D eigenvalue weighted by molar-refractivity contribution is 9.10. The van der Waals surface area contributed by atoms with Crippen LogP contribution in [0, 0.1) is 0 Å². The van der Waals surface area contributed by atoms with Gasteiger partial charge in [0, 0.05) is 23.6 Å². The van der Waals surface area contributed by atoms with E-state index in [0.29, 0.717) is 11.6 Å². The molecule has 0 bridgehead atoms. The summed E-state index contributed by atoms with van der Waals surface area (Å²) in [4.78, 5) is 13.9. The monoisotopic (exact) mass is 325 g/mol. The van der Waals surface area contributed by atoms with Crippen molar-refractivity contribution in [3.63, 3.8) is 0 Å². The molecule has 2 rings (SSSR count). The molecule has 19 heavy (non-hydrogen) atoms. The Morgan fingerprint density at radius 1 is 1.53 bits per heavy atom. The van der Waals surface area contributed by atoms with E-state index in [4.69, 9.17) is 5.73 Å². The average Bonchev–Trinajstić information content (AvgIpc) is 2.39. The van der Waals surface area contributed by atoms with E-state index in [1.165, 1.54) is 6.42 Å². The van der Waals surface area contributed by atoms with E-state index < -0.39 is 0 Å². The Morgan fingerprint density at radius 2 is 2.32 bits per heavy atom. The highest BCUT2D eigenvalue weighted by Gasteiger charge is 2.25. The molecule has 5 heteroatoms. The minimum Gasteiger partial charge on any atom is -0.367 e. The molecule has 1 amide bonds. The van der Waals surface area contributed by atoms with Crippen molar-refractivity contribution in [2.24, 2.45) is 5.73 Å². The molecule has 1 aliphatic heterocycles. The summed E-state index contributed by atoms with van der Waals surface area (Å²) in [5, 5.41) is 3.23. The number of nitrogens with one attached hydrogen (secondary N) is 1. The van der Waals surface area contributed by atoms with Gasteiger partial charge >= 0.3 is 0 Å². The molecule has 1 aliphatic rings. The lowest BCUT2D eigenvalue weighted by Crippen LogP contribution is -2.45. The van der Waals surface area contributed by atoms with E-state index >= 15 is 0 Å². The minimum atomic E-state index is -0.365. The molecule has 1 atom stereocenters. The van der Waals surface area contributed by atoms with Gasteiger partial charge in [-0.1, -0.05) is 15.9 Å². The van der Waals surface area contributed by atoms with Crippen molar-refractivity contribution in [1.29, 1.82) is 0 Å². The first-order valence-corrected chi connectivity index (χ1v) is 7.43. The van der Waals surface area contributed by atoms with E-state index in [1.54, 1.807) is 6.07 Å². The minimum absolute atomic E-state index is 0.365. The van der Waals surface area contributed by atoms with Crippen LogP contribution in [0.3, 0.4) is 0 Å². The summed E-state index contributed by atoms with van der Waals surface area (Å²) in [7, 11) is 1.96. The molecule has 104 valence electrons. The lowest BCUT2D eigenvalue weighted by atomic mass is 9.99. The van der Waals surface area contributed by atoms with Crippen LogP contribution in [0.15, 0.2) is 22.7 Å². The number of rotatable bonds is 4. The number of anilines is 1. The number of nitrogens with two attached hydrogens (primary N) is 1. The molecule has 1 unspecified atom stereocenters. The zero-order valence-electron chi connectivity index (χ0n) is 11.2. The topological polar surface area (TPSA) is 58.4 Å². The van der Waals surface area contributed by atoms with Gasteiger partial charge in [-0.25, -0.2) is 0 Å². The molecule has 0 saturated carbocycles. The molecule has 1 saturated heterocycles. The second-order valence-electron chi connectivity index (χ2n) is 4.93. The van der Waals surface area contributed by atoms with Gasteiger partial charge in [0.15, 0.2) is 0 Å². The molecule has 1 fully saturated rings. The third kappa shape index (κ3) is 3.28. The predicted octanol–water partition coefficient (Wildman–Crippen LogP) is 2.13. The maximum atomic E-state index is 11.6. The number of likely N-dealkylation sites (N-methyl/N-ethyl adjacent to an activating group) is 1. The Hall–Kier alpha value is -1.07. The molecule has 0 aliphatic carbocycles. The number of halogens is 1. The van der Waals surface area contributed by atoms with Gasteiger partial charge in [-0.05, 0) is 44.5 Å². The quantitative estimate of drug-likeness (QED) is 0.891. The van der Waals surface area contributed by atoms with Crippen molar-refractivity contribution in [3.8, 4) is 0 Å². The zero-order chi connectivity index (χ0) is 13.8. The van der Waals surface area contributed by atoms with Crippen LogP contribution in [0.2, 0.25) is 0 Å². The largest absolute Gasteiger partial charge is 0.367 e. The zero-order valence-corrected chi connectivity index (χ0v) is 12.7. The van der Waals surface area contributed by atoms with Crippen LogP contribution in [-0.4, -0.2) is 32.1 Å². The van der Waals surface area contributed by atoms with E-state index in [0.717, 1.165) is 36.1 Å². The fourth-order valence-corrected chi connectivity index (χ4v) is 3.07. The van der Waals surface area contributed by atoms with Crippen molar-refractivity contribution >= 4 is 27.5 Å². The van der Waals surface area contributed by atoms with E-state index in [1.807, 2.05) is 19.2 Å². The summed E-state index contributed by atoms with van der Waals surface area (Å²) < 4.78 is 0.973. The second kappa shape index (κ2) is 6.39. The number of primary amides is 1. The molecular formula is C14H20BrN3O. The fourth-order valence-electron chi connectivity index (χ4n) is 2.72. The van der Waals surface area contributed by atoms with Crippen LogP contribution >= 0.6 is 15.9 Å². The molecule has 3 N–H and O–H groups in total. The summed E-state index contributed by atoms with van der Waals surface area (Å²) in [5.41, 5.74) is 7.04. The van der Waals surface area contributed by atoms with Crippen LogP contribution in [0.25, 0.3) is 0 Å². The van der Waals surface area contributed by atoms with Crippen LogP contribution < -0.4 is 16.0 Å². The number of benzene rings is 1. The highest BCUT2D eigenvalue weighted by Crippen LogP contribution is 2.30. The number of amides is 1. The molecule has 1 aromatic carbocycles. The van der Waals surface area contributed by atoms with Gasteiger partial charge in [0.2, 0.25) is 0 Å². The predicted molar refractivity (Wildman–Crippen MR) is 81.6 cm³/mol. The third-order valence-electron chi connectivity index (χ3n) is 3.60. The third-order valence-corrected chi connectivity index (χ3v) is 4.09. The fraction of sp³-hybridized carbons (Fsp3) is 0.500. The molecule has 0 radical (unpaired) electrons. The molecule has 1 aromatic rings. The Labute approximate surface area is 122 Å². The van der Waals surface area contributed by atoms with Crippen LogP contribution in [-0.2, 0) is 0 Å². The standard InChI is InChI=1S/C14H20BrN3O/c1-17-9-11-4-2-3-7-18(11)13-8-10(15)5-6-12(13)14(16)19/h5-6,8,11,17H,2-4,7,9H2,1H3,(H2,16,19). The van der Waals surface area contributed by atoms with Crippen molar-refractivity contribution < 1.29 is 4.79 Å². The highest BCUT2D eigenvalue weighted by atomic mass is 79.9. The number of carbonyl (C=O) groups is 1. The normalized spacial score (nSPS) is 19.5. The summed E-state index contributed by atoms with van der Waals surface area (Å²) in [6.45, 7) is 1.90. The summed E-state index contributed by atoms with van der Waals surface area (Å²) in [6.07, 6.45) is 3.54. The van der Waals surface area contributed by atoms with E-state index in [-0.39, 0.29) is 5.91 Å². The maximum absolute atomic E-state index is 11.6. The molecular weight excluding hydrogens is 306 g/mol.